The average Bonchev–Trinajstić information content (AvgIpc) is 3.23. The van der Waals surface area contributed by atoms with E-state index in [-0.39, 0.29) is 17.7 Å². The van der Waals surface area contributed by atoms with E-state index in [1.807, 2.05) is 19.1 Å². The smallest absolute Gasteiger partial charge is 0.415 e. The Hall–Kier alpha value is -2.58. The maximum absolute atomic E-state index is 12.4. The molecule has 0 saturated carbocycles. The summed E-state index contributed by atoms with van der Waals surface area (Å²) in [4.78, 5) is 32.7. The number of aromatic amines is 1. The van der Waals surface area contributed by atoms with Crippen molar-refractivity contribution in [2.24, 2.45) is 0 Å². The third-order valence-corrected chi connectivity index (χ3v) is 5.35. The van der Waals surface area contributed by atoms with Crippen LogP contribution < -0.4 is 15.8 Å². The number of anilines is 2. The molecule has 26 heavy (non-hydrogen) atoms. The molecule has 2 aromatic heterocycles. The third-order valence-electron chi connectivity index (χ3n) is 4.16. The standard InChI is InChI=1S/C17H15ClN4O3S/c1-9(12-7-10-6-11(18)2-3-13(10)21-15(12)23)20-16-19-8-14(26-16)22-4-5-25-17(22)24/h2-3,6-9H,4-5H2,1H3,(H,19,20)(H,21,23)/t9-/m1/s1. The van der Waals surface area contributed by atoms with Crippen LogP contribution in [0.15, 0.2) is 35.3 Å². The number of carbonyl (C=O) groups is 1. The zero-order valence-electron chi connectivity index (χ0n) is 13.8. The van der Waals surface area contributed by atoms with E-state index in [1.54, 1.807) is 23.2 Å². The molecule has 134 valence electrons. The van der Waals surface area contributed by atoms with E-state index >= 15 is 0 Å². The summed E-state index contributed by atoms with van der Waals surface area (Å²) in [6.45, 7) is 2.78. The van der Waals surface area contributed by atoms with E-state index in [1.165, 1.54) is 11.3 Å². The molecule has 1 fully saturated rings. The van der Waals surface area contributed by atoms with Crippen LogP contribution in [-0.2, 0) is 4.74 Å². The molecule has 0 bridgehead atoms. The molecule has 2 N–H and O–H groups in total. The number of H-pyrrole nitrogens is 1. The van der Waals surface area contributed by atoms with Crippen molar-refractivity contribution in [2.45, 2.75) is 13.0 Å². The summed E-state index contributed by atoms with van der Waals surface area (Å²) in [5.74, 6) is 0. The van der Waals surface area contributed by atoms with Crippen LogP contribution in [0.2, 0.25) is 5.02 Å². The Kier molecular flexibility index (Phi) is 4.29. The lowest BCUT2D eigenvalue weighted by Gasteiger charge is -2.13. The van der Waals surface area contributed by atoms with E-state index in [4.69, 9.17) is 16.3 Å². The molecule has 7 nitrogen and oxygen atoms in total. The van der Waals surface area contributed by atoms with Crippen LogP contribution in [0.1, 0.15) is 18.5 Å². The average molecular weight is 391 g/mol. The third kappa shape index (κ3) is 3.13. The Balaban J connectivity index is 1.58. The summed E-state index contributed by atoms with van der Waals surface area (Å²) < 4.78 is 4.94. The number of nitrogens with one attached hydrogen (secondary N) is 2. The SMILES string of the molecule is C[C@@H](Nc1ncc(N2CCOC2=O)s1)c1cc2cc(Cl)ccc2[nH]c1=O. The predicted molar refractivity (Wildman–Crippen MR) is 102 cm³/mol. The Morgan fingerprint density at radius 2 is 2.23 bits per heavy atom. The van der Waals surface area contributed by atoms with Crippen molar-refractivity contribution in [2.75, 3.05) is 23.4 Å². The summed E-state index contributed by atoms with van der Waals surface area (Å²) in [6, 6.07) is 6.88. The van der Waals surface area contributed by atoms with Gasteiger partial charge in [-0.1, -0.05) is 22.9 Å². The van der Waals surface area contributed by atoms with Crippen LogP contribution in [0.4, 0.5) is 14.9 Å². The molecule has 1 aliphatic heterocycles. The summed E-state index contributed by atoms with van der Waals surface area (Å²) in [6.07, 6.45) is 1.26. The van der Waals surface area contributed by atoms with Gasteiger partial charge >= 0.3 is 6.09 Å². The molecule has 0 unspecified atom stereocenters. The first-order valence-corrected chi connectivity index (χ1v) is 9.20. The van der Waals surface area contributed by atoms with Crippen molar-refractivity contribution in [1.29, 1.82) is 0 Å². The molecule has 4 rings (SSSR count). The Morgan fingerprint density at radius 3 is 3.00 bits per heavy atom. The van der Waals surface area contributed by atoms with Gasteiger partial charge in [-0.2, -0.15) is 0 Å². The van der Waals surface area contributed by atoms with Crippen molar-refractivity contribution < 1.29 is 9.53 Å². The molecule has 1 aromatic carbocycles. The number of carbonyl (C=O) groups excluding carboxylic acids is 1. The monoisotopic (exact) mass is 390 g/mol. The molecule has 1 atom stereocenters. The Morgan fingerprint density at radius 1 is 1.38 bits per heavy atom. The van der Waals surface area contributed by atoms with E-state index in [2.05, 4.69) is 15.3 Å². The van der Waals surface area contributed by atoms with Crippen LogP contribution >= 0.6 is 22.9 Å². The lowest BCUT2D eigenvalue weighted by Crippen LogP contribution is -2.22. The minimum atomic E-state index is -0.365. The second kappa shape index (κ2) is 6.62. The molecule has 9 heteroatoms. The second-order valence-corrected chi connectivity index (χ2v) is 7.37. The van der Waals surface area contributed by atoms with Gasteiger partial charge in [0.15, 0.2) is 5.13 Å². The highest BCUT2D eigenvalue weighted by Gasteiger charge is 2.25. The number of aromatic nitrogens is 2. The van der Waals surface area contributed by atoms with E-state index < -0.39 is 0 Å². The zero-order valence-corrected chi connectivity index (χ0v) is 15.4. The van der Waals surface area contributed by atoms with Gasteiger partial charge in [0.2, 0.25) is 0 Å². The lowest BCUT2D eigenvalue weighted by molar-refractivity contribution is 0.181. The van der Waals surface area contributed by atoms with Gasteiger partial charge in [0, 0.05) is 21.5 Å². The number of pyridine rings is 1. The van der Waals surface area contributed by atoms with E-state index in [0.717, 1.165) is 10.9 Å². The molecule has 0 radical (unpaired) electrons. The van der Waals surface area contributed by atoms with Gasteiger partial charge in [0.05, 0.1) is 18.8 Å². The van der Waals surface area contributed by atoms with E-state index in [9.17, 15) is 9.59 Å². The minimum absolute atomic E-state index is 0.167. The van der Waals surface area contributed by atoms with Crippen LogP contribution in [-0.4, -0.2) is 29.2 Å². The van der Waals surface area contributed by atoms with E-state index in [0.29, 0.717) is 33.9 Å². The highest BCUT2D eigenvalue weighted by atomic mass is 35.5. The number of amides is 1. The molecule has 0 aliphatic carbocycles. The van der Waals surface area contributed by atoms with Gasteiger partial charge in [-0.15, -0.1) is 0 Å². The van der Waals surface area contributed by atoms with Crippen LogP contribution in [0, 0.1) is 0 Å². The zero-order chi connectivity index (χ0) is 18.3. The van der Waals surface area contributed by atoms with Crippen molar-refractivity contribution in [1.82, 2.24) is 9.97 Å². The first-order valence-electron chi connectivity index (χ1n) is 8.00. The molecule has 0 spiro atoms. The highest BCUT2D eigenvalue weighted by Crippen LogP contribution is 2.31. The predicted octanol–water partition coefficient (Wildman–Crippen LogP) is 3.77. The number of hydrogen-bond acceptors (Lipinski definition) is 6. The van der Waals surface area contributed by atoms with Crippen molar-refractivity contribution in [3.8, 4) is 0 Å². The minimum Gasteiger partial charge on any atom is -0.447 e. The number of hydrogen-bond donors (Lipinski definition) is 2. The van der Waals surface area contributed by atoms with Crippen LogP contribution in [0.25, 0.3) is 10.9 Å². The van der Waals surface area contributed by atoms with Gasteiger partial charge in [-0.05, 0) is 31.2 Å². The van der Waals surface area contributed by atoms with Gasteiger partial charge in [0.1, 0.15) is 11.6 Å². The number of benzene rings is 1. The molecule has 1 aliphatic rings. The summed E-state index contributed by atoms with van der Waals surface area (Å²) in [5.41, 5.74) is 1.15. The van der Waals surface area contributed by atoms with Crippen LogP contribution in [0.5, 0.6) is 0 Å². The molecular weight excluding hydrogens is 376 g/mol. The van der Waals surface area contributed by atoms with Gasteiger partial charge in [-0.25, -0.2) is 9.78 Å². The summed E-state index contributed by atoms with van der Waals surface area (Å²) in [5, 5.41) is 6.02. The number of thiazole rings is 1. The first-order chi connectivity index (χ1) is 12.5. The van der Waals surface area contributed by atoms with Crippen LogP contribution in [0.3, 0.4) is 0 Å². The quantitative estimate of drug-likeness (QED) is 0.708. The number of nitrogens with zero attached hydrogens (tertiary/aromatic N) is 2. The Labute approximate surface area is 157 Å². The maximum Gasteiger partial charge on any atom is 0.415 e. The Bertz CT molecular complexity index is 1050. The van der Waals surface area contributed by atoms with Gasteiger partial charge in [-0.3, -0.25) is 9.69 Å². The maximum atomic E-state index is 12.4. The summed E-state index contributed by atoms with van der Waals surface area (Å²) in [7, 11) is 0. The molecular formula is C17H15ClN4O3S. The van der Waals surface area contributed by atoms with Gasteiger partial charge < -0.3 is 15.0 Å². The van der Waals surface area contributed by atoms with Crippen molar-refractivity contribution in [3.05, 3.63) is 51.4 Å². The number of cyclic esters (lactones) is 1. The largest absolute Gasteiger partial charge is 0.447 e. The lowest BCUT2D eigenvalue weighted by atomic mass is 10.1. The first kappa shape index (κ1) is 16.9. The number of ether oxygens (including phenoxy) is 1. The highest BCUT2D eigenvalue weighted by molar-refractivity contribution is 7.19. The van der Waals surface area contributed by atoms with Crippen molar-refractivity contribution in [3.63, 3.8) is 0 Å². The number of fused-ring (bicyclic) bond motifs is 1. The molecule has 1 saturated heterocycles. The topological polar surface area (TPSA) is 87.3 Å². The fourth-order valence-corrected chi connectivity index (χ4v) is 3.93. The fraction of sp³-hybridized carbons (Fsp3) is 0.235. The second-order valence-electron chi connectivity index (χ2n) is 5.92. The number of rotatable bonds is 4. The normalized spacial score (nSPS) is 15.3. The fourth-order valence-electron chi connectivity index (χ4n) is 2.83. The molecule has 1 amide bonds. The summed E-state index contributed by atoms with van der Waals surface area (Å²) >= 11 is 7.38. The van der Waals surface area contributed by atoms with Crippen molar-refractivity contribution >= 4 is 50.1 Å². The molecule has 3 aromatic rings. The van der Waals surface area contributed by atoms with Gasteiger partial charge in [0.25, 0.3) is 5.56 Å². The molecule has 3 heterocycles. The number of halogens is 1.